The maximum atomic E-state index is 12.2. The van der Waals surface area contributed by atoms with Crippen LogP contribution in [0.2, 0.25) is 0 Å². The van der Waals surface area contributed by atoms with Crippen molar-refractivity contribution in [2.75, 3.05) is 27.3 Å². The van der Waals surface area contributed by atoms with Crippen molar-refractivity contribution in [2.24, 2.45) is 5.92 Å². The molecule has 1 amide bonds. The minimum absolute atomic E-state index is 0.105. The van der Waals surface area contributed by atoms with E-state index in [2.05, 4.69) is 5.32 Å². The molecule has 0 aliphatic carbocycles. The van der Waals surface area contributed by atoms with Crippen LogP contribution in [0.25, 0.3) is 0 Å². The zero-order valence-electron chi connectivity index (χ0n) is 10.6. The van der Waals surface area contributed by atoms with Crippen LogP contribution in [-0.2, 0) is 9.53 Å². The first-order valence-electron chi connectivity index (χ1n) is 6.30. The molecule has 0 aromatic rings. The van der Waals surface area contributed by atoms with E-state index in [0.29, 0.717) is 18.6 Å². The van der Waals surface area contributed by atoms with Gasteiger partial charge >= 0.3 is 0 Å². The molecule has 0 radical (unpaired) electrons. The van der Waals surface area contributed by atoms with Crippen molar-refractivity contribution in [3.63, 3.8) is 0 Å². The number of carbonyl (C=O) groups excluding carboxylic acids is 1. The van der Waals surface area contributed by atoms with Gasteiger partial charge in [0.15, 0.2) is 0 Å². The molecule has 2 fully saturated rings. The van der Waals surface area contributed by atoms with Crippen LogP contribution >= 0.6 is 0 Å². The molecular weight excluding hydrogens is 220 g/mol. The van der Waals surface area contributed by atoms with E-state index in [1.165, 1.54) is 6.42 Å². The third-order valence-corrected chi connectivity index (χ3v) is 3.84. The topological polar surface area (TPSA) is 61.8 Å². The second-order valence-corrected chi connectivity index (χ2v) is 5.22. The molecule has 2 aliphatic rings. The van der Waals surface area contributed by atoms with E-state index < -0.39 is 6.10 Å². The third kappa shape index (κ3) is 2.78. The highest BCUT2D eigenvalue weighted by Gasteiger charge is 2.43. The summed E-state index contributed by atoms with van der Waals surface area (Å²) in [6.45, 7) is 0.618. The van der Waals surface area contributed by atoms with E-state index >= 15 is 0 Å². The quantitative estimate of drug-likeness (QED) is 0.688. The van der Waals surface area contributed by atoms with Gasteiger partial charge in [-0.25, -0.2) is 0 Å². The number of hydrogen-bond donors (Lipinski definition) is 2. The molecule has 0 spiro atoms. The number of aliphatic hydroxyl groups excluding tert-OH is 1. The molecule has 2 rings (SSSR count). The summed E-state index contributed by atoms with van der Waals surface area (Å²) in [7, 11) is 3.30. The summed E-state index contributed by atoms with van der Waals surface area (Å²) in [5.74, 6) is 0.258. The number of amides is 1. The summed E-state index contributed by atoms with van der Waals surface area (Å²) >= 11 is 0. The van der Waals surface area contributed by atoms with E-state index in [1.807, 2.05) is 0 Å². The first-order valence-corrected chi connectivity index (χ1v) is 6.30. The number of fused-ring (bicyclic) bond motifs is 2. The van der Waals surface area contributed by atoms with Gasteiger partial charge in [-0.1, -0.05) is 0 Å². The summed E-state index contributed by atoms with van der Waals surface area (Å²) in [6.07, 6.45) is 2.66. The molecule has 2 N–H and O–H groups in total. The average Bonchev–Trinajstić information content (AvgIpc) is 2.89. The zero-order chi connectivity index (χ0) is 12.4. The molecule has 2 aliphatic heterocycles. The van der Waals surface area contributed by atoms with Crippen molar-refractivity contribution in [1.82, 2.24) is 10.2 Å². The molecule has 0 aromatic heterocycles. The number of aliphatic hydroxyl groups is 1. The minimum Gasteiger partial charge on any atom is -0.389 e. The van der Waals surface area contributed by atoms with E-state index in [-0.39, 0.29) is 18.4 Å². The van der Waals surface area contributed by atoms with Gasteiger partial charge in [-0.3, -0.25) is 4.79 Å². The van der Waals surface area contributed by atoms with Crippen molar-refractivity contribution in [2.45, 2.75) is 37.5 Å². The van der Waals surface area contributed by atoms with Crippen molar-refractivity contribution >= 4 is 5.91 Å². The summed E-state index contributed by atoms with van der Waals surface area (Å²) in [5, 5.41) is 13.1. The van der Waals surface area contributed by atoms with Crippen LogP contribution in [0, 0.1) is 5.92 Å². The highest BCUT2D eigenvalue weighted by atomic mass is 16.5. The molecule has 5 heteroatoms. The zero-order valence-corrected chi connectivity index (χ0v) is 10.6. The normalized spacial score (nSPS) is 32.8. The smallest absolute Gasteiger partial charge is 0.227 e. The van der Waals surface area contributed by atoms with Crippen molar-refractivity contribution in [1.29, 1.82) is 0 Å². The highest BCUT2D eigenvalue weighted by Crippen LogP contribution is 2.34. The van der Waals surface area contributed by atoms with Gasteiger partial charge in [-0.15, -0.1) is 0 Å². The number of carbonyl (C=O) groups is 1. The van der Waals surface area contributed by atoms with Gasteiger partial charge < -0.3 is 20.1 Å². The number of likely N-dealkylation sites (N-methyl/N-ethyl adjacent to an activating group) is 1. The van der Waals surface area contributed by atoms with Gasteiger partial charge in [0.2, 0.25) is 5.91 Å². The number of methoxy groups -OCH3 is 1. The molecular formula is C12H22N2O3. The van der Waals surface area contributed by atoms with Gasteiger partial charge in [0.25, 0.3) is 0 Å². The van der Waals surface area contributed by atoms with Crippen LogP contribution in [0.5, 0.6) is 0 Å². The second-order valence-electron chi connectivity index (χ2n) is 5.22. The summed E-state index contributed by atoms with van der Waals surface area (Å²) in [4.78, 5) is 13.8. The lowest BCUT2D eigenvalue weighted by Crippen LogP contribution is -2.42. The highest BCUT2D eigenvalue weighted by molar-refractivity contribution is 5.80. The second kappa shape index (κ2) is 5.33. The Kier molecular flexibility index (Phi) is 4.01. The fourth-order valence-electron chi connectivity index (χ4n) is 3.03. The Bertz CT molecular complexity index is 285. The lowest BCUT2D eigenvalue weighted by molar-refractivity contribution is -0.136. The van der Waals surface area contributed by atoms with Crippen LogP contribution in [0.3, 0.4) is 0 Å². The Morgan fingerprint density at radius 2 is 2.35 bits per heavy atom. The maximum Gasteiger partial charge on any atom is 0.227 e. The number of ether oxygens (including phenoxy) is 1. The third-order valence-electron chi connectivity index (χ3n) is 3.84. The summed E-state index contributed by atoms with van der Waals surface area (Å²) < 4.78 is 4.86. The Hall–Kier alpha value is -0.650. The Balaban J connectivity index is 1.83. The molecule has 98 valence electrons. The largest absolute Gasteiger partial charge is 0.389 e. The number of nitrogens with zero attached hydrogens (tertiary/aromatic N) is 1. The van der Waals surface area contributed by atoms with Crippen LogP contribution in [0.4, 0.5) is 0 Å². The van der Waals surface area contributed by atoms with Crippen LogP contribution < -0.4 is 5.32 Å². The minimum atomic E-state index is -0.597. The van der Waals surface area contributed by atoms with Gasteiger partial charge in [-0.05, 0) is 19.3 Å². The van der Waals surface area contributed by atoms with E-state index in [9.17, 15) is 9.90 Å². The van der Waals surface area contributed by atoms with E-state index in [0.717, 1.165) is 12.8 Å². The van der Waals surface area contributed by atoms with Crippen molar-refractivity contribution in [3.8, 4) is 0 Å². The van der Waals surface area contributed by atoms with E-state index in [4.69, 9.17) is 4.74 Å². The lowest BCUT2D eigenvalue weighted by Gasteiger charge is -2.27. The van der Waals surface area contributed by atoms with Gasteiger partial charge in [0, 0.05) is 32.8 Å². The molecule has 2 bridgehead atoms. The predicted molar refractivity (Wildman–Crippen MR) is 63.6 cm³/mol. The fourth-order valence-corrected chi connectivity index (χ4v) is 3.03. The summed E-state index contributed by atoms with van der Waals surface area (Å²) in [6, 6.07) is 0.890. The molecule has 2 heterocycles. The standard InChI is InChI=1S/C12H22N2O3/c1-14(6-9(15)7-17-2)12(16)10-5-8-3-4-11(10)13-8/h8-11,13,15H,3-7H2,1-2H3. The number of nitrogens with one attached hydrogen (secondary N) is 1. The van der Waals surface area contributed by atoms with E-state index in [1.54, 1.807) is 19.1 Å². The molecule has 2 saturated heterocycles. The molecule has 0 saturated carbocycles. The van der Waals surface area contributed by atoms with Crippen molar-refractivity contribution in [3.05, 3.63) is 0 Å². The Morgan fingerprint density at radius 1 is 1.59 bits per heavy atom. The van der Waals surface area contributed by atoms with Crippen molar-refractivity contribution < 1.29 is 14.6 Å². The first kappa shape index (κ1) is 12.8. The molecule has 17 heavy (non-hydrogen) atoms. The molecule has 4 atom stereocenters. The lowest BCUT2D eigenvalue weighted by atomic mass is 9.88. The SMILES string of the molecule is COCC(O)CN(C)C(=O)C1CC2CCC1N2. The first-order chi connectivity index (χ1) is 8.11. The average molecular weight is 242 g/mol. The van der Waals surface area contributed by atoms with Crippen LogP contribution in [-0.4, -0.2) is 61.4 Å². The predicted octanol–water partition coefficient (Wildman–Crippen LogP) is -0.407. The van der Waals surface area contributed by atoms with Gasteiger partial charge in [-0.2, -0.15) is 0 Å². The Labute approximate surface area is 102 Å². The number of rotatable bonds is 5. The van der Waals surface area contributed by atoms with Gasteiger partial charge in [0.05, 0.1) is 18.6 Å². The van der Waals surface area contributed by atoms with Crippen LogP contribution in [0.15, 0.2) is 0 Å². The van der Waals surface area contributed by atoms with Crippen LogP contribution in [0.1, 0.15) is 19.3 Å². The summed E-state index contributed by atoms with van der Waals surface area (Å²) in [5.41, 5.74) is 0. The molecule has 4 unspecified atom stereocenters. The fraction of sp³-hybridized carbons (Fsp3) is 0.917. The monoisotopic (exact) mass is 242 g/mol. The maximum absolute atomic E-state index is 12.2. The Morgan fingerprint density at radius 3 is 2.88 bits per heavy atom. The van der Waals surface area contributed by atoms with Gasteiger partial charge in [0.1, 0.15) is 0 Å². The number of hydrogen-bond acceptors (Lipinski definition) is 4. The molecule has 0 aromatic carbocycles. The molecule has 5 nitrogen and oxygen atoms in total.